The molecule has 0 saturated heterocycles. The van der Waals surface area contributed by atoms with E-state index in [0.29, 0.717) is 0 Å². The molecule has 0 N–H and O–H groups in total. The van der Waals surface area contributed by atoms with Crippen LogP contribution in [0.3, 0.4) is 0 Å². The lowest BCUT2D eigenvalue weighted by Crippen LogP contribution is -2.04. The third-order valence-electron chi connectivity index (χ3n) is 1.27. The summed E-state index contributed by atoms with van der Waals surface area (Å²) in [5, 5.41) is 3.58. The monoisotopic (exact) mass is 249 g/mol. The van der Waals surface area contributed by atoms with Crippen molar-refractivity contribution in [2.24, 2.45) is 0 Å². The van der Waals surface area contributed by atoms with Crippen LogP contribution >= 0.6 is 27.3 Å². The zero-order chi connectivity index (χ0) is 8.97. The Hall–Kier alpha value is -0.420. The standard InChI is InChI=1S/C7H8BrNO2S/c1-11-7(10)2-5-4-12-6(3-8)9-5/h4H,2-3H2,1H3. The van der Waals surface area contributed by atoms with Crippen molar-refractivity contribution in [2.45, 2.75) is 11.8 Å². The highest BCUT2D eigenvalue weighted by Crippen LogP contribution is 2.13. The lowest BCUT2D eigenvalue weighted by molar-refractivity contribution is -0.139. The molecule has 3 nitrogen and oxygen atoms in total. The minimum absolute atomic E-state index is 0.249. The fourth-order valence-electron chi connectivity index (χ4n) is 0.712. The summed E-state index contributed by atoms with van der Waals surface area (Å²) in [6, 6.07) is 0. The number of rotatable bonds is 3. The van der Waals surface area contributed by atoms with E-state index in [9.17, 15) is 4.79 Å². The Balaban J connectivity index is 2.58. The van der Waals surface area contributed by atoms with Crippen molar-refractivity contribution in [1.29, 1.82) is 0 Å². The molecule has 5 heteroatoms. The molecule has 0 radical (unpaired) electrons. The Labute approximate surface area is 82.9 Å². The summed E-state index contributed by atoms with van der Waals surface area (Å²) >= 11 is 4.82. The molecule has 0 unspecified atom stereocenters. The molecule has 0 atom stereocenters. The summed E-state index contributed by atoms with van der Waals surface area (Å²) < 4.78 is 4.51. The molecule has 0 bridgehead atoms. The van der Waals surface area contributed by atoms with Gasteiger partial charge in [0.2, 0.25) is 0 Å². The number of carbonyl (C=O) groups is 1. The largest absolute Gasteiger partial charge is 0.469 e. The van der Waals surface area contributed by atoms with Gasteiger partial charge in [-0.05, 0) is 0 Å². The Morgan fingerprint density at radius 1 is 1.83 bits per heavy atom. The highest BCUT2D eigenvalue weighted by atomic mass is 79.9. The zero-order valence-corrected chi connectivity index (χ0v) is 8.94. The Morgan fingerprint density at radius 2 is 2.58 bits per heavy atom. The SMILES string of the molecule is COC(=O)Cc1csc(CBr)n1. The van der Waals surface area contributed by atoms with E-state index in [1.165, 1.54) is 18.4 Å². The molecule has 0 amide bonds. The molecule has 1 aromatic heterocycles. The molecule has 0 aliphatic rings. The maximum Gasteiger partial charge on any atom is 0.311 e. The number of nitrogens with zero attached hydrogens (tertiary/aromatic N) is 1. The van der Waals surface area contributed by atoms with Gasteiger partial charge >= 0.3 is 5.97 Å². The number of esters is 1. The van der Waals surface area contributed by atoms with E-state index in [1.807, 2.05) is 5.38 Å². The van der Waals surface area contributed by atoms with Crippen molar-refractivity contribution < 1.29 is 9.53 Å². The molecule has 0 saturated carbocycles. The maximum atomic E-state index is 10.8. The van der Waals surface area contributed by atoms with Crippen molar-refractivity contribution in [3.8, 4) is 0 Å². The second-order valence-corrected chi connectivity index (χ2v) is 3.62. The zero-order valence-electron chi connectivity index (χ0n) is 6.54. The topological polar surface area (TPSA) is 39.2 Å². The molecule has 0 aromatic carbocycles. The first kappa shape index (κ1) is 9.67. The number of hydrogen-bond acceptors (Lipinski definition) is 4. The number of aromatic nitrogens is 1. The van der Waals surface area contributed by atoms with E-state index >= 15 is 0 Å². The van der Waals surface area contributed by atoms with Gasteiger partial charge in [0.25, 0.3) is 0 Å². The van der Waals surface area contributed by atoms with E-state index in [0.717, 1.165) is 16.0 Å². The van der Waals surface area contributed by atoms with E-state index < -0.39 is 0 Å². The molecule has 0 fully saturated rings. The van der Waals surface area contributed by atoms with Crippen LogP contribution in [0.4, 0.5) is 0 Å². The molecule has 0 aliphatic heterocycles. The number of ether oxygens (including phenoxy) is 1. The van der Waals surface area contributed by atoms with Gasteiger partial charge in [-0.2, -0.15) is 0 Å². The van der Waals surface area contributed by atoms with Crippen molar-refractivity contribution in [3.05, 3.63) is 16.1 Å². The van der Waals surface area contributed by atoms with Crippen LogP contribution in [-0.4, -0.2) is 18.1 Å². The predicted molar refractivity (Wildman–Crippen MR) is 50.5 cm³/mol. The van der Waals surface area contributed by atoms with E-state index in [1.54, 1.807) is 0 Å². The number of hydrogen-bond donors (Lipinski definition) is 0. The van der Waals surface area contributed by atoms with Gasteiger partial charge in [0.15, 0.2) is 0 Å². The number of halogens is 1. The fraction of sp³-hybridized carbons (Fsp3) is 0.429. The highest BCUT2D eigenvalue weighted by molar-refractivity contribution is 9.08. The van der Waals surface area contributed by atoms with Crippen LogP contribution in [0.2, 0.25) is 0 Å². The van der Waals surface area contributed by atoms with Crippen molar-refractivity contribution >= 4 is 33.2 Å². The number of thiazole rings is 1. The average molecular weight is 250 g/mol. The normalized spacial score (nSPS) is 9.83. The van der Waals surface area contributed by atoms with Crippen LogP contribution in [0.1, 0.15) is 10.7 Å². The van der Waals surface area contributed by atoms with Crippen molar-refractivity contribution in [2.75, 3.05) is 7.11 Å². The lowest BCUT2D eigenvalue weighted by Gasteiger charge is -1.93. The summed E-state index contributed by atoms with van der Waals surface area (Å²) in [4.78, 5) is 15.0. The minimum atomic E-state index is -0.249. The highest BCUT2D eigenvalue weighted by Gasteiger charge is 2.06. The molecule has 1 aromatic rings. The Morgan fingerprint density at radius 3 is 3.08 bits per heavy atom. The van der Waals surface area contributed by atoms with Gasteiger partial charge < -0.3 is 4.74 Å². The summed E-state index contributed by atoms with van der Waals surface area (Å²) in [6.07, 6.45) is 0.264. The average Bonchev–Trinajstić information content (AvgIpc) is 2.52. The third-order valence-corrected chi connectivity index (χ3v) is 3.07. The first-order valence-corrected chi connectivity index (χ1v) is 5.32. The van der Waals surface area contributed by atoms with Crippen LogP contribution < -0.4 is 0 Å². The van der Waals surface area contributed by atoms with Gasteiger partial charge in [-0.15, -0.1) is 11.3 Å². The van der Waals surface area contributed by atoms with Gasteiger partial charge in [-0.1, -0.05) is 15.9 Å². The Bertz CT molecular complexity index is 274. The number of methoxy groups -OCH3 is 1. The quantitative estimate of drug-likeness (QED) is 0.606. The molecule has 12 heavy (non-hydrogen) atoms. The van der Waals surface area contributed by atoms with E-state index in [4.69, 9.17) is 0 Å². The predicted octanol–water partition coefficient (Wildman–Crippen LogP) is 1.75. The van der Waals surface area contributed by atoms with Gasteiger partial charge in [0.05, 0.1) is 24.6 Å². The van der Waals surface area contributed by atoms with Crippen LogP contribution in [0.15, 0.2) is 5.38 Å². The van der Waals surface area contributed by atoms with Crippen LogP contribution in [0.25, 0.3) is 0 Å². The molecule has 1 heterocycles. The summed E-state index contributed by atoms with van der Waals surface area (Å²) in [7, 11) is 1.38. The maximum absolute atomic E-state index is 10.8. The molecule has 0 spiro atoms. The first-order valence-electron chi connectivity index (χ1n) is 3.32. The third kappa shape index (κ3) is 2.57. The van der Waals surface area contributed by atoms with Crippen molar-refractivity contribution in [1.82, 2.24) is 4.98 Å². The second-order valence-electron chi connectivity index (χ2n) is 2.12. The molecule has 66 valence electrons. The van der Waals surface area contributed by atoms with Crippen LogP contribution in [0.5, 0.6) is 0 Å². The van der Waals surface area contributed by atoms with Gasteiger partial charge in [-0.25, -0.2) is 4.98 Å². The van der Waals surface area contributed by atoms with Crippen LogP contribution in [0, 0.1) is 0 Å². The summed E-state index contributed by atoms with van der Waals surface area (Å²) in [5.74, 6) is -0.249. The minimum Gasteiger partial charge on any atom is -0.469 e. The van der Waals surface area contributed by atoms with Crippen molar-refractivity contribution in [3.63, 3.8) is 0 Å². The summed E-state index contributed by atoms with van der Waals surface area (Å²) in [5.41, 5.74) is 0.779. The lowest BCUT2D eigenvalue weighted by atomic mass is 10.3. The molecular weight excluding hydrogens is 242 g/mol. The Kier molecular flexibility index (Phi) is 3.68. The molecule has 0 aliphatic carbocycles. The van der Waals surface area contributed by atoms with E-state index in [-0.39, 0.29) is 12.4 Å². The smallest absolute Gasteiger partial charge is 0.311 e. The van der Waals surface area contributed by atoms with Gasteiger partial charge in [-0.3, -0.25) is 4.79 Å². The first-order chi connectivity index (χ1) is 5.76. The number of carbonyl (C=O) groups excluding carboxylic acids is 1. The number of alkyl halides is 1. The van der Waals surface area contributed by atoms with Gasteiger partial charge in [0, 0.05) is 5.38 Å². The molecular formula is C7H8BrNO2S. The fourth-order valence-corrected chi connectivity index (χ4v) is 1.87. The van der Waals surface area contributed by atoms with Crippen LogP contribution in [-0.2, 0) is 21.3 Å². The second kappa shape index (κ2) is 4.57. The molecule has 1 rings (SSSR count). The van der Waals surface area contributed by atoms with E-state index in [2.05, 4.69) is 25.7 Å². The summed E-state index contributed by atoms with van der Waals surface area (Å²) in [6.45, 7) is 0. The van der Waals surface area contributed by atoms with Gasteiger partial charge in [0.1, 0.15) is 5.01 Å².